The fourth-order valence-electron chi connectivity index (χ4n) is 5.18. The zero-order chi connectivity index (χ0) is 21.8. The van der Waals surface area contributed by atoms with Gasteiger partial charge in [0.1, 0.15) is 0 Å². The van der Waals surface area contributed by atoms with Gasteiger partial charge in [-0.1, -0.05) is 0 Å². The summed E-state index contributed by atoms with van der Waals surface area (Å²) in [5.41, 5.74) is 3.06. The molecule has 2 aromatic carbocycles. The first kappa shape index (κ1) is 24.5. The van der Waals surface area contributed by atoms with Gasteiger partial charge in [0, 0.05) is 0 Å². The van der Waals surface area contributed by atoms with Crippen molar-refractivity contribution in [3.05, 3.63) is 71.8 Å². The molecule has 2 saturated heterocycles. The molecule has 0 radical (unpaired) electrons. The number of rotatable bonds is 11. The molecule has 2 fully saturated rings. The molecule has 0 saturated carbocycles. The summed E-state index contributed by atoms with van der Waals surface area (Å²) in [6.07, 6.45) is 11.0. The molecule has 0 bridgehead atoms. The van der Waals surface area contributed by atoms with Gasteiger partial charge in [-0.2, -0.15) is 0 Å². The van der Waals surface area contributed by atoms with Crippen molar-refractivity contribution in [1.82, 2.24) is 9.80 Å². The molecule has 0 spiro atoms. The van der Waals surface area contributed by atoms with Crippen LogP contribution >= 0.6 is 0 Å². The molecule has 2 aliphatic heterocycles. The number of benzene rings is 2. The van der Waals surface area contributed by atoms with Crippen molar-refractivity contribution in [2.24, 2.45) is 0 Å². The number of likely N-dealkylation sites (tertiary alicyclic amines) is 2. The van der Waals surface area contributed by atoms with Crippen LogP contribution in [0.2, 0.25) is 10.6 Å². The van der Waals surface area contributed by atoms with Crippen molar-refractivity contribution in [3.8, 4) is 0 Å². The van der Waals surface area contributed by atoms with Crippen LogP contribution in [0.4, 0.5) is 0 Å². The minimum absolute atomic E-state index is 0.766. The molecule has 2 nitrogen and oxygen atoms in total. The molecular weight excluding hydrogens is 522 g/mol. The molecular formula is C28H40N2Se2. The van der Waals surface area contributed by atoms with Crippen LogP contribution in [0.3, 0.4) is 0 Å². The van der Waals surface area contributed by atoms with Crippen LogP contribution in [0, 0.1) is 0 Å². The zero-order valence-electron chi connectivity index (χ0n) is 19.5. The second-order valence-electron chi connectivity index (χ2n) is 9.45. The van der Waals surface area contributed by atoms with Gasteiger partial charge in [-0.25, -0.2) is 0 Å². The second kappa shape index (κ2) is 13.9. The summed E-state index contributed by atoms with van der Waals surface area (Å²) in [5.74, 6) is 0. The Morgan fingerprint density at radius 3 is 1.28 bits per heavy atom. The predicted molar refractivity (Wildman–Crippen MR) is 140 cm³/mol. The summed E-state index contributed by atoms with van der Waals surface area (Å²) < 4.78 is 0. The molecule has 2 atom stereocenters. The summed E-state index contributed by atoms with van der Waals surface area (Å²) in [5, 5.41) is 2.89. The number of nitrogens with zero attached hydrogens (tertiary/aromatic N) is 2. The Labute approximate surface area is 207 Å². The Morgan fingerprint density at radius 1 is 0.531 bits per heavy atom. The SMILES string of the molecule is c1ccc(C[C@@H](C[Se][Se]C[C@H](Cc2ccccc2)N2CCCCC2)N2CCCCC2)cc1. The Kier molecular flexibility index (Phi) is 10.7. The van der Waals surface area contributed by atoms with Gasteiger partial charge >= 0.3 is 208 Å². The number of hydrogen-bond donors (Lipinski definition) is 0. The molecule has 2 aliphatic rings. The first-order chi connectivity index (χ1) is 15.9. The molecule has 0 unspecified atom stereocenters. The van der Waals surface area contributed by atoms with E-state index >= 15 is 0 Å². The van der Waals surface area contributed by atoms with E-state index in [4.69, 9.17) is 0 Å². The van der Waals surface area contributed by atoms with Crippen LogP contribution in [0.1, 0.15) is 49.7 Å². The van der Waals surface area contributed by atoms with E-state index in [1.807, 2.05) is 0 Å². The molecule has 0 N–H and O–H groups in total. The summed E-state index contributed by atoms with van der Waals surface area (Å²) >= 11 is 1.60. The maximum atomic E-state index is 2.83. The molecule has 4 heteroatoms. The van der Waals surface area contributed by atoms with Crippen molar-refractivity contribution >= 4 is 26.3 Å². The normalized spacial score (nSPS) is 20.1. The Balaban J connectivity index is 1.31. The van der Waals surface area contributed by atoms with Crippen molar-refractivity contribution < 1.29 is 0 Å². The first-order valence-electron chi connectivity index (χ1n) is 12.7. The van der Waals surface area contributed by atoms with Crippen molar-refractivity contribution in [2.45, 2.75) is 74.1 Å². The van der Waals surface area contributed by atoms with Crippen molar-refractivity contribution in [1.29, 1.82) is 0 Å². The Hall–Kier alpha value is -0.601. The van der Waals surface area contributed by atoms with Gasteiger partial charge in [0.25, 0.3) is 0 Å². The van der Waals surface area contributed by atoms with Crippen LogP contribution in [0.15, 0.2) is 60.7 Å². The fourth-order valence-corrected chi connectivity index (χ4v) is 13.1. The number of hydrogen-bond acceptors (Lipinski definition) is 2. The topological polar surface area (TPSA) is 6.48 Å². The van der Waals surface area contributed by atoms with Gasteiger partial charge in [-0.3, -0.25) is 0 Å². The molecule has 0 aliphatic carbocycles. The van der Waals surface area contributed by atoms with E-state index in [0.29, 0.717) is 0 Å². The molecule has 2 heterocycles. The van der Waals surface area contributed by atoms with Gasteiger partial charge in [-0.05, 0) is 0 Å². The molecule has 174 valence electrons. The fraction of sp³-hybridized carbons (Fsp3) is 0.571. The van der Waals surface area contributed by atoms with E-state index in [9.17, 15) is 0 Å². The third-order valence-electron chi connectivity index (χ3n) is 7.05. The molecule has 2 aromatic rings. The van der Waals surface area contributed by atoms with Crippen LogP contribution in [0.5, 0.6) is 0 Å². The summed E-state index contributed by atoms with van der Waals surface area (Å²) in [6.45, 7) is 5.30. The van der Waals surface area contributed by atoms with Gasteiger partial charge in [0.15, 0.2) is 0 Å². The van der Waals surface area contributed by atoms with Gasteiger partial charge in [0.05, 0.1) is 0 Å². The van der Waals surface area contributed by atoms with Gasteiger partial charge < -0.3 is 0 Å². The summed E-state index contributed by atoms with van der Waals surface area (Å²) in [4.78, 5) is 5.67. The molecule has 0 amide bonds. The molecule has 0 aromatic heterocycles. The summed E-state index contributed by atoms with van der Waals surface area (Å²) in [6, 6.07) is 24.0. The van der Waals surface area contributed by atoms with E-state index in [1.165, 1.54) is 99.3 Å². The zero-order valence-corrected chi connectivity index (χ0v) is 23.0. The maximum absolute atomic E-state index is 2.83. The van der Waals surface area contributed by atoms with Crippen LogP contribution in [-0.4, -0.2) is 74.3 Å². The Bertz CT molecular complexity index is 677. The third kappa shape index (κ3) is 8.01. The average Bonchev–Trinajstić information content (AvgIpc) is 2.87. The van der Waals surface area contributed by atoms with E-state index in [-0.39, 0.29) is 0 Å². The average molecular weight is 563 g/mol. The van der Waals surface area contributed by atoms with E-state index < -0.39 is 0 Å². The number of piperidine rings is 2. The van der Waals surface area contributed by atoms with Crippen LogP contribution in [-0.2, 0) is 12.8 Å². The minimum atomic E-state index is 0.766. The second-order valence-corrected chi connectivity index (χ2v) is 17.0. The predicted octanol–water partition coefficient (Wildman–Crippen LogP) is 5.34. The molecule has 4 rings (SSSR count). The van der Waals surface area contributed by atoms with Crippen LogP contribution < -0.4 is 0 Å². The first-order valence-corrected chi connectivity index (χ1v) is 19.4. The monoisotopic (exact) mass is 564 g/mol. The van der Waals surface area contributed by atoms with Gasteiger partial charge in [-0.15, -0.1) is 0 Å². The standard InChI is InChI=1S/C28H40N2Se2/c1-5-13-25(14-6-1)21-27(29-17-9-3-10-18-29)23-31-32-24-28(30-19-11-4-12-20-30)22-26-15-7-2-8-16-26/h1-2,5-8,13-16,27-28H,3-4,9-12,17-24H2/t27-,28-/m0/s1. The third-order valence-corrected chi connectivity index (χ3v) is 14.4. The van der Waals surface area contributed by atoms with E-state index in [2.05, 4.69) is 70.5 Å². The Morgan fingerprint density at radius 2 is 0.906 bits per heavy atom. The van der Waals surface area contributed by atoms with Crippen molar-refractivity contribution in [3.63, 3.8) is 0 Å². The van der Waals surface area contributed by atoms with Crippen LogP contribution in [0.25, 0.3) is 0 Å². The van der Waals surface area contributed by atoms with Gasteiger partial charge in [0.2, 0.25) is 0 Å². The quantitative estimate of drug-likeness (QED) is 0.270. The summed E-state index contributed by atoms with van der Waals surface area (Å²) in [7, 11) is 0. The van der Waals surface area contributed by atoms with Crippen molar-refractivity contribution in [2.75, 3.05) is 26.2 Å². The molecule has 32 heavy (non-hydrogen) atoms. The van der Waals surface area contributed by atoms with E-state index in [1.54, 1.807) is 0 Å². The van der Waals surface area contributed by atoms with E-state index in [0.717, 1.165) is 38.3 Å².